The minimum absolute atomic E-state index is 0.720. The Labute approximate surface area is 79.4 Å². The number of nitrogens with two attached hydrogens (primary N) is 1. The van der Waals surface area contributed by atoms with Crippen LogP contribution in [0.4, 0.5) is 5.82 Å². The molecule has 0 saturated carbocycles. The molecule has 1 aromatic heterocycles. The van der Waals surface area contributed by atoms with Crippen molar-refractivity contribution in [1.82, 2.24) is 4.98 Å². The number of hydrogen-bond acceptors (Lipinski definition) is 3. The lowest BCUT2D eigenvalue weighted by Gasteiger charge is -2.06. The van der Waals surface area contributed by atoms with E-state index in [4.69, 9.17) is 5.73 Å². The van der Waals surface area contributed by atoms with Crippen LogP contribution in [-0.4, -0.2) is 18.1 Å². The molecule has 0 aliphatic rings. The van der Waals surface area contributed by atoms with E-state index in [9.17, 15) is 0 Å². The molecule has 0 atom stereocenters. The smallest absolute Gasteiger partial charge is 0.126 e. The third-order valence-corrected chi connectivity index (χ3v) is 1.78. The number of aromatic nitrogens is 1. The van der Waals surface area contributed by atoms with Gasteiger partial charge in [0.05, 0.1) is 0 Å². The Morgan fingerprint density at radius 2 is 2.15 bits per heavy atom. The van der Waals surface area contributed by atoms with E-state index in [0.717, 1.165) is 31.0 Å². The average Bonchev–Trinajstić information content (AvgIpc) is 2.03. The first-order valence-corrected chi connectivity index (χ1v) is 4.61. The van der Waals surface area contributed by atoms with Crippen molar-refractivity contribution in [1.29, 1.82) is 0 Å². The van der Waals surface area contributed by atoms with Crippen molar-refractivity contribution in [3.63, 3.8) is 0 Å². The van der Waals surface area contributed by atoms with Gasteiger partial charge in [0.2, 0.25) is 0 Å². The summed E-state index contributed by atoms with van der Waals surface area (Å²) in [5.74, 6) is 0.950. The van der Waals surface area contributed by atoms with Gasteiger partial charge in [0.25, 0.3) is 0 Å². The molecule has 0 amide bonds. The number of nitrogens with one attached hydrogen (secondary N) is 1. The van der Waals surface area contributed by atoms with Gasteiger partial charge in [-0.25, -0.2) is 4.98 Å². The highest BCUT2D eigenvalue weighted by atomic mass is 15.0. The molecule has 72 valence electrons. The monoisotopic (exact) mass is 179 g/mol. The highest BCUT2D eigenvalue weighted by Gasteiger charge is 1.95. The summed E-state index contributed by atoms with van der Waals surface area (Å²) in [6.07, 6.45) is 0.981. The van der Waals surface area contributed by atoms with Gasteiger partial charge in [-0.15, -0.1) is 0 Å². The third-order valence-electron chi connectivity index (χ3n) is 1.78. The van der Waals surface area contributed by atoms with Gasteiger partial charge in [0.1, 0.15) is 5.82 Å². The lowest BCUT2D eigenvalue weighted by Crippen LogP contribution is -2.09. The summed E-state index contributed by atoms with van der Waals surface area (Å²) >= 11 is 0. The largest absolute Gasteiger partial charge is 0.370 e. The van der Waals surface area contributed by atoms with Gasteiger partial charge in [0.15, 0.2) is 0 Å². The summed E-state index contributed by atoms with van der Waals surface area (Å²) in [4.78, 5) is 4.35. The standard InChI is InChI=1S/C10H17N3/c1-8-6-9(2)13-10(7-8)12-5-3-4-11/h6-7H,3-5,11H2,1-2H3,(H,12,13). The maximum atomic E-state index is 5.39. The summed E-state index contributed by atoms with van der Waals surface area (Å²) in [7, 11) is 0. The molecule has 3 nitrogen and oxygen atoms in total. The molecule has 1 heterocycles. The molecule has 0 aliphatic carbocycles. The predicted octanol–water partition coefficient (Wildman–Crippen LogP) is 1.46. The van der Waals surface area contributed by atoms with Crippen molar-refractivity contribution < 1.29 is 0 Å². The fraction of sp³-hybridized carbons (Fsp3) is 0.500. The number of rotatable bonds is 4. The molecule has 13 heavy (non-hydrogen) atoms. The van der Waals surface area contributed by atoms with Crippen LogP contribution in [0, 0.1) is 13.8 Å². The predicted molar refractivity (Wildman–Crippen MR) is 55.9 cm³/mol. The molecule has 0 radical (unpaired) electrons. The van der Waals surface area contributed by atoms with Crippen LogP contribution >= 0.6 is 0 Å². The molecule has 3 heteroatoms. The van der Waals surface area contributed by atoms with Crippen LogP contribution in [0.3, 0.4) is 0 Å². The normalized spacial score (nSPS) is 10.1. The van der Waals surface area contributed by atoms with Crippen LogP contribution in [0.5, 0.6) is 0 Å². The average molecular weight is 179 g/mol. The van der Waals surface area contributed by atoms with E-state index < -0.39 is 0 Å². The first-order chi connectivity index (χ1) is 6.22. The molecule has 1 rings (SSSR count). The summed E-state index contributed by atoms with van der Waals surface area (Å²) < 4.78 is 0. The van der Waals surface area contributed by atoms with E-state index in [1.807, 2.05) is 13.0 Å². The molecular formula is C10H17N3. The maximum absolute atomic E-state index is 5.39. The fourth-order valence-corrected chi connectivity index (χ4v) is 1.25. The molecular weight excluding hydrogens is 162 g/mol. The summed E-state index contributed by atoms with van der Waals surface area (Å²) in [5.41, 5.74) is 7.68. The van der Waals surface area contributed by atoms with E-state index in [-0.39, 0.29) is 0 Å². The maximum Gasteiger partial charge on any atom is 0.126 e. The second-order valence-electron chi connectivity index (χ2n) is 3.24. The zero-order chi connectivity index (χ0) is 9.68. The van der Waals surface area contributed by atoms with E-state index in [0.29, 0.717) is 0 Å². The number of pyridine rings is 1. The Morgan fingerprint density at radius 3 is 2.77 bits per heavy atom. The van der Waals surface area contributed by atoms with Gasteiger partial charge in [-0.3, -0.25) is 0 Å². The van der Waals surface area contributed by atoms with Gasteiger partial charge in [-0.05, 0) is 44.5 Å². The molecule has 0 fully saturated rings. The lowest BCUT2D eigenvalue weighted by atomic mass is 10.2. The zero-order valence-corrected chi connectivity index (χ0v) is 8.30. The van der Waals surface area contributed by atoms with Crippen molar-refractivity contribution in [2.75, 3.05) is 18.4 Å². The third kappa shape index (κ3) is 3.42. The molecule has 1 aromatic rings. The van der Waals surface area contributed by atoms with Crippen molar-refractivity contribution in [2.24, 2.45) is 5.73 Å². The van der Waals surface area contributed by atoms with Crippen molar-refractivity contribution in [2.45, 2.75) is 20.3 Å². The minimum atomic E-state index is 0.720. The van der Waals surface area contributed by atoms with Crippen LogP contribution in [-0.2, 0) is 0 Å². The van der Waals surface area contributed by atoms with Crippen LogP contribution in [0.2, 0.25) is 0 Å². The van der Waals surface area contributed by atoms with E-state index in [2.05, 4.69) is 23.3 Å². The van der Waals surface area contributed by atoms with Gasteiger partial charge in [0, 0.05) is 12.2 Å². The molecule has 0 aliphatic heterocycles. The number of hydrogen-bond donors (Lipinski definition) is 2. The molecule has 3 N–H and O–H groups in total. The molecule has 0 spiro atoms. The fourth-order valence-electron chi connectivity index (χ4n) is 1.25. The van der Waals surface area contributed by atoms with E-state index in [1.54, 1.807) is 0 Å². The van der Waals surface area contributed by atoms with Gasteiger partial charge < -0.3 is 11.1 Å². The topological polar surface area (TPSA) is 50.9 Å². The molecule has 0 aromatic carbocycles. The van der Waals surface area contributed by atoms with Gasteiger partial charge in [-0.1, -0.05) is 0 Å². The SMILES string of the molecule is Cc1cc(C)nc(NCCCN)c1. The minimum Gasteiger partial charge on any atom is -0.370 e. The van der Waals surface area contributed by atoms with Crippen LogP contribution in [0.1, 0.15) is 17.7 Å². The molecule has 0 unspecified atom stereocenters. The van der Waals surface area contributed by atoms with E-state index in [1.165, 1.54) is 5.56 Å². The second kappa shape index (κ2) is 4.82. The first-order valence-electron chi connectivity index (χ1n) is 4.61. The Kier molecular flexibility index (Phi) is 3.71. The summed E-state index contributed by atoms with van der Waals surface area (Å²) in [6.45, 7) is 5.69. The lowest BCUT2D eigenvalue weighted by molar-refractivity contribution is 0.869. The Bertz CT molecular complexity index is 251. The first kappa shape index (κ1) is 9.99. The Balaban J connectivity index is 2.56. The Morgan fingerprint density at radius 1 is 1.38 bits per heavy atom. The Hall–Kier alpha value is -1.09. The zero-order valence-electron chi connectivity index (χ0n) is 8.30. The molecule has 0 saturated heterocycles. The number of aryl methyl sites for hydroxylation is 2. The highest BCUT2D eigenvalue weighted by molar-refractivity contribution is 5.38. The quantitative estimate of drug-likeness (QED) is 0.688. The van der Waals surface area contributed by atoms with Crippen LogP contribution in [0.25, 0.3) is 0 Å². The van der Waals surface area contributed by atoms with Crippen molar-refractivity contribution in [3.8, 4) is 0 Å². The second-order valence-corrected chi connectivity index (χ2v) is 3.24. The van der Waals surface area contributed by atoms with Gasteiger partial charge >= 0.3 is 0 Å². The summed E-state index contributed by atoms with van der Waals surface area (Å²) in [6, 6.07) is 4.11. The number of anilines is 1. The van der Waals surface area contributed by atoms with E-state index >= 15 is 0 Å². The number of nitrogens with zero attached hydrogens (tertiary/aromatic N) is 1. The summed E-state index contributed by atoms with van der Waals surface area (Å²) in [5, 5.41) is 3.24. The van der Waals surface area contributed by atoms with Gasteiger partial charge in [-0.2, -0.15) is 0 Å². The van der Waals surface area contributed by atoms with Crippen molar-refractivity contribution >= 4 is 5.82 Å². The highest BCUT2D eigenvalue weighted by Crippen LogP contribution is 2.08. The van der Waals surface area contributed by atoms with Crippen molar-refractivity contribution in [3.05, 3.63) is 23.4 Å². The molecule has 0 bridgehead atoms. The van der Waals surface area contributed by atoms with Crippen LogP contribution < -0.4 is 11.1 Å². The van der Waals surface area contributed by atoms with Crippen LogP contribution in [0.15, 0.2) is 12.1 Å².